The molecule has 0 spiro atoms. The molecular formula is C7H19NO3S. The number of hydrogen-bond donors (Lipinski definition) is 2. The quantitative estimate of drug-likeness (QED) is 0.649. The Morgan fingerprint density at radius 3 is 2.08 bits per heavy atom. The summed E-state index contributed by atoms with van der Waals surface area (Å²) in [4.78, 5) is 0. The van der Waals surface area contributed by atoms with Crippen LogP contribution in [0.25, 0.3) is 0 Å². The van der Waals surface area contributed by atoms with Gasteiger partial charge in [0.1, 0.15) is 0 Å². The zero-order valence-corrected chi connectivity index (χ0v) is 8.60. The standard InChI is InChI=1S/C7H19NO3S/c1-3-10-12(9,11-4-2)7-5-6-8/h9H,3-8H2,1-2H3. The van der Waals surface area contributed by atoms with Crippen molar-refractivity contribution in [1.29, 1.82) is 0 Å². The molecule has 0 aliphatic rings. The van der Waals surface area contributed by atoms with Crippen molar-refractivity contribution >= 4 is 10.9 Å². The van der Waals surface area contributed by atoms with Gasteiger partial charge in [0, 0.05) is 5.75 Å². The Balaban J connectivity index is 3.80. The first-order valence-corrected chi connectivity index (χ1v) is 5.81. The van der Waals surface area contributed by atoms with Gasteiger partial charge < -0.3 is 10.3 Å². The minimum Gasteiger partial charge on any atom is -0.330 e. The van der Waals surface area contributed by atoms with E-state index >= 15 is 0 Å². The van der Waals surface area contributed by atoms with E-state index in [1.165, 1.54) is 0 Å². The van der Waals surface area contributed by atoms with Crippen LogP contribution in [0.1, 0.15) is 20.3 Å². The van der Waals surface area contributed by atoms with Gasteiger partial charge in [-0.1, -0.05) is 0 Å². The molecule has 0 saturated carbocycles. The highest BCUT2D eigenvalue weighted by molar-refractivity contribution is 8.21. The summed E-state index contributed by atoms with van der Waals surface area (Å²) in [5, 5.41) is 0. The molecule has 0 aliphatic heterocycles. The average Bonchev–Trinajstić information content (AvgIpc) is 2.02. The predicted octanol–water partition coefficient (Wildman–Crippen LogP) is 1.52. The molecule has 0 fully saturated rings. The fraction of sp³-hybridized carbons (Fsp3) is 1.00. The largest absolute Gasteiger partial charge is 0.330 e. The van der Waals surface area contributed by atoms with Crippen molar-refractivity contribution in [2.24, 2.45) is 5.73 Å². The van der Waals surface area contributed by atoms with E-state index < -0.39 is 10.9 Å². The van der Waals surface area contributed by atoms with E-state index in [1.807, 2.05) is 13.8 Å². The van der Waals surface area contributed by atoms with Crippen LogP contribution in [-0.4, -0.2) is 30.1 Å². The third kappa shape index (κ3) is 4.95. The zero-order chi connectivity index (χ0) is 9.45. The molecule has 76 valence electrons. The first-order valence-electron chi connectivity index (χ1n) is 4.20. The molecule has 3 N–H and O–H groups in total. The molecule has 0 aliphatic carbocycles. The number of nitrogens with two attached hydrogens (primary N) is 1. The smallest absolute Gasteiger partial charge is 0.0862 e. The second kappa shape index (κ2) is 6.68. The molecule has 4 nitrogen and oxygen atoms in total. The molecule has 0 aromatic heterocycles. The van der Waals surface area contributed by atoms with E-state index in [1.54, 1.807) is 0 Å². The van der Waals surface area contributed by atoms with Gasteiger partial charge in [-0.15, -0.1) is 0 Å². The van der Waals surface area contributed by atoms with Crippen LogP contribution in [-0.2, 0) is 8.37 Å². The minimum atomic E-state index is -2.28. The van der Waals surface area contributed by atoms with Crippen molar-refractivity contribution in [3.8, 4) is 0 Å². The molecule has 0 heterocycles. The van der Waals surface area contributed by atoms with Crippen molar-refractivity contribution in [1.82, 2.24) is 0 Å². The van der Waals surface area contributed by atoms with Gasteiger partial charge in [0.2, 0.25) is 0 Å². The monoisotopic (exact) mass is 197 g/mol. The summed E-state index contributed by atoms with van der Waals surface area (Å²) in [6.07, 6.45) is 0.728. The van der Waals surface area contributed by atoms with Crippen LogP contribution in [0.4, 0.5) is 0 Å². The molecule has 0 atom stereocenters. The van der Waals surface area contributed by atoms with Gasteiger partial charge in [0.25, 0.3) is 0 Å². The Kier molecular flexibility index (Phi) is 6.78. The van der Waals surface area contributed by atoms with Gasteiger partial charge in [-0.3, -0.25) is 8.37 Å². The second-order valence-corrected chi connectivity index (χ2v) is 4.28. The van der Waals surface area contributed by atoms with Gasteiger partial charge in [-0.2, -0.15) is 0 Å². The zero-order valence-electron chi connectivity index (χ0n) is 7.78. The van der Waals surface area contributed by atoms with Gasteiger partial charge in [-0.05, 0) is 26.8 Å². The molecule has 0 radical (unpaired) electrons. The second-order valence-electron chi connectivity index (χ2n) is 2.24. The summed E-state index contributed by atoms with van der Waals surface area (Å²) in [5.74, 6) is 0.505. The first-order chi connectivity index (χ1) is 5.68. The normalized spacial score (nSPS) is 13.3. The van der Waals surface area contributed by atoms with E-state index in [4.69, 9.17) is 14.1 Å². The van der Waals surface area contributed by atoms with Crippen LogP contribution in [0.3, 0.4) is 0 Å². The maximum atomic E-state index is 9.73. The summed E-state index contributed by atoms with van der Waals surface area (Å²) in [5.41, 5.74) is 5.32. The lowest BCUT2D eigenvalue weighted by atomic mass is 10.5. The Labute approximate surface area is 76.0 Å². The molecule has 0 amide bonds. The average molecular weight is 197 g/mol. The van der Waals surface area contributed by atoms with Crippen LogP contribution in [0.15, 0.2) is 0 Å². The third-order valence-electron chi connectivity index (χ3n) is 1.21. The third-order valence-corrected chi connectivity index (χ3v) is 3.22. The molecular weight excluding hydrogens is 178 g/mol. The minimum absolute atomic E-state index is 0.469. The van der Waals surface area contributed by atoms with Gasteiger partial charge in [-0.25, -0.2) is 0 Å². The van der Waals surface area contributed by atoms with Crippen molar-refractivity contribution < 1.29 is 12.9 Å². The Morgan fingerprint density at radius 2 is 1.75 bits per heavy atom. The van der Waals surface area contributed by atoms with Crippen LogP contribution >= 0.6 is 10.9 Å². The fourth-order valence-corrected chi connectivity index (χ4v) is 2.36. The molecule has 0 unspecified atom stereocenters. The Hall–Kier alpha value is 0.190. The van der Waals surface area contributed by atoms with E-state index in [2.05, 4.69) is 0 Å². The van der Waals surface area contributed by atoms with Gasteiger partial charge in [0.15, 0.2) is 0 Å². The summed E-state index contributed by atoms with van der Waals surface area (Å²) in [6, 6.07) is 0. The molecule has 0 bridgehead atoms. The molecule has 0 aromatic carbocycles. The summed E-state index contributed by atoms with van der Waals surface area (Å²) >= 11 is 0. The van der Waals surface area contributed by atoms with E-state index in [9.17, 15) is 4.55 Å². The lowest BCUT2D eigenvalue weighted by molar-refractivity contribution is 0.224. The predicted molar refractivity (Wildman–Crippen MR) is 52.0 cm³/mol. The van der Waals surface area contributed by atoms with Crippen LogP contribution in [0.2, 0.25) is 0 Å². The Morgan fingerprint density at radius 1 is 1.25 bits per heavy atom. The molecule has 0 aromatic rings. The summed E-state index contributed by atoms with van der Waals surface area (Å²) < 4.78 is 20.0. The van der Waals surface area contributed by atoms with Crippen LogP contribution < -0.4 is 5.73 Å². The van der Waals surface area contributed by atoms with Crippen LogP contribution in [0, 0.1) is 0 Å². The highest BCUT2D eigenvalue weighted by Crippen LogP contribution is 2.45. The van der Waals surface area contributed by atoms with Gasteiger partial charge >= 0.3 is 0 Å². The summed E-state index contributed by atoms with van der Waals surface area (Å²) in [7, 11) is -2.28. The molecule has 12 heavy (non-hydrogen) atoms. The summed E-state index contributed by atoms with van der Waals surface area (Å²) in [6.45, 7) is 5.15. The Bertz CT molecular complexity index is 107. The molecule has 5 heteroatoms. The topological polar surface area (TPSA) is 64.7 Å². The van der Waals surface area contributed by atoms with Crippen molar-refractivity contribution in [3.05, 3.63) is 0 Å². The SMILES string of the molecule is CCOS(O)(CCCN)OCC. The maximum Gasteiger partial charge on any atom is 0.0862 e. The molecule has 0 saturated heterocycles. The van der Waals surface area contributed by atoms with E-state index in [-0.39, 0.29) is 0 Å². The van der Waals surface area contributed by atoms with Crippen molar-refractivity contribution in [2.75, 3.05) is 25.5 Å². The van der Waals surface area contributed by atoms with Crippen molar-refractivity contribution in [2.45, 2.75) is 20.3 Å². The van der Waals surface area contributed by atoms with Gasteiger partial charge in [0.05, 0.1) is 24.1 Å². The number of rotatable bonds is 7. The van der Waals surface area contributed by atoms with E-state index in [0.29, 0.717) is 25.5 Å². The van der Waals surface area contributed by atoms with Crippen LogP contribution in [0.5, 0.6) is 0 Å². The van der Waals surface area contributed by atoms with Crippen molar-refractivity contribution in [3.63, 3.8) is 0 Å². The fourth-order valence-electron chi connectivity index (χ4n) is 0.786. The maximum absolute atomic E-state index is 9.73. The lowest BCUT2D eigenvalue weighted by Crippen LogP contribution is -2.14. The van der Waals surface area contributed by atoms with E-state index in [0.717, 1.165) is 6.42 Å². The highest BCUT2D eigenvalue weighted by atomic mass is 32.3. The molecule has 0 rings (SSSR count). The number of hydrogen-bond acceptors (Lipinski definition) is 4. The first kappa shape index (κ1) is 12.2. The lowest BCUT2D eigenvalue weighted by Gasteiger charge is -2.31. The highest BCUT2D eigenvalue weighted by Gasteiger charge is 2.20.